The minimum Gasteiger partial charge on any atom is -0.496 e. The van der Waals surface area contributed by atoms with Crippen LogP contribution in [-0.4, -0.2) is 33.5 Å². The highest BCUT2D eigenvalue weighted by Crippen LogP contribution is 2.39. The number of benzene rings is 2. The Bertz CT molecular complexity index is 938. The van der Waals surface area contributed by atoms with Crippen LogP contribution in [0.25, 0.3) is 0 Å². The van der Waals surface area contributed by atoms with E-state index >= 15 is 0 Å². The highest BCUT2D eigenvalue weighted by Gasteiger charge is 2.28. The summed E-state index contributed by atoms with van der Waals surface area (Å²) in [6, 6.07) is 11.3. The highest BCUT2D eigenvalue weighted by atomic mass is 32.2. The quantitative estimate of drug-likeness (QED) is 0.719. The first kappa shape index (κ1) is 19.5. The molecule has 0 N–H and O–H groups in total. The number of Topliss-reactive ketones (excluding diaryl/α,β-unsaturated/α-hetero) is 1. The molecule has 2 aromatic rings. The van der Waals surface area contributed by atoms with Crippen molar-refractivity contribution in [2.45, 2.75) is 13.8 Å². The summed E-state index contributed by atoms with van der Waals surface area (Å²) in [6.45, 7) is 2.47. The minimum atomic E-state index is -3.93. The number of carbonyl (C=O) groups excluding carboxylic acids is 2. The molecule has 7 nitrogen and oxygen atoms in total. The maximum Gasteiger partial charge on any atom is 0.238 e. The molecule has 0 unspecified atom stereocenters. The van der Waals surface area contributed by atoms with Crippen molar-refractivity contribution < 1.29 is 27.5 Å². The van der Waals surface area contributed by atoms with Crippen LogP contribution in [-0.2, 0) is 14.8 Å². The molecule has 0 heterocycles. The summed E-state index contributed by atoms with van der Waals surface area (Å²) >= 11 is 0. The summed E-state index contributed by atoms with van der Waals surface area (Å²) in [5.74, 6) is -0.404. The van der Waals surface area contributed by atoms with Gasteiger partial charge in [0.1, 0.15) is 17.2 Å². The second kappa shape index (κ2) is 7.57. The van der Waals surface area contributed by atoms with Crippen LogP contribution < -0.4 is 13.8 Å². The molecular formula is C18H19NO6S. The number of amides is 1. The van der Waals surface area contributed by atoms with Gasteiger partial charge in [0.05, 0.1) is 18.9 Å². The average Bonchev–Trinajstić information content (AvgIpc) is 2.55. The topological polar surface area (TPSA) is 90.0 Å². The zero-order valence-corrected chi connectivity index (χ0v) is 15.7. The van der Waals surface area contributed by atoms with Gasteiger partial charge in [0.2, 0.25) is 15.9 Å². The minimum absolute atomic E-state index is 0.0364. The predicted molar refractivity (Wildman–Crippen MR) is 97.5 cm³/mol. The van der Waals surface area contributed by atoms with E-state index in [2.05, 4.69) is 0 Å². The number of hydrogen-bond acceptors (Lipinski definition) is 6. The third-order valence-corrected chi connectivity index (χ3v) is 4.58. The van der Waals surface area contributed by atoms with Gasteiger partial charge < -0.3 is 9.47 Å². The number of hydrogen-bond donors (Lipinski definition) is 0. The van der Waals surface area contributed by atoms with E-state index in [1.54, 1.807) is 30.3 Å². The number of ether oxygens (including phenoxy) is 2. The lowest BCUT2D eigenvalue weighted by Gasteiger charge is -2.23. The van der Waals surface area contributed by atoms with Crippen molar-refractivity contribution in [3.63, 3.8) is 0 Å². The van der Waals surface area contributed by atoms with E-state index in [4.69, 9.17) is 9.47 Å². The van der Waals surface area contributed by atoms with Gasteiger partial charge in [-0.05, 0) is 25.1 Å². The summed E-state index contributed by atoms with van der Waals surface area (Å²) in [7, 11) is -2.58. The number of ketones is 1. The molecule has 0 aliphatic carbocycles. The molecule has 2 aromatic carbocycles. The standard InChI is InChI=1S/C18H19NO6S/c1-12(20)15-10-18(25-14-8-6-5-7-9-14)16(11-17(15)24-3)19(13(2)21)26(4,22)23/h5-11H,1-4H3. The molecule has 138 valence electrons. The van der Waals surface area contributed by atoms with Gasteiger partial charge in [-0.25, -0.2) is 12.7 Å². The average molecular weight is 377 g/mol. The molecule has 0 aromatic heterocycles. The van der Waals surface area contributed by atoms with Crippen LogP contribution in [0.2, 0.25) is 0 Å². The third-order valence-electron chi connectivity index (χ3n) is 3.47. The fourth-order valence-corrected chi connectivity index (χ4v) is 3.40. The Morgan fingerprint density at radius 1 is 1.00 bits per heavy atom. The molecule has 0 bridgehead atoms. The second-order valence-electron chi connectivity index (χ2n) is 5.54. The van der Waals surface area contributed by atoms with Crippen LogP contribution in [0.5, 0.6) is 17.2 Å². The van der Waals surface area contributed by atoms with Crippen molar-refractivity contribution in [1.82, 2.24) is 0 Å². The zero-order chi connectivity index (χ0) is 19.5. The molecule has 1 amide bonds. The maximum atomic E-state index is 12.1. The Balaban J connectivity index is 2.74. The van der Waals surface area contributed by atoms with E-state index < -0.39 is 15.9 Å². The van der Waals surface area contributed by atoms with Crippen molar-refractivity contribution in [3.05, 3.63) is 48.0 Å². The van der Waals surface area contributed by atoms with Crippen molar-refractivity contribution in [2.75, 3.05) is 17.7 Å². The Morgan fingerprint density at radius 3 is 2.08 bits per heavy atom. The first-order valence-corrected chi connectivity index (χ1v) is 9.46. The molecule has 0 aliphatic rings. The van der Waals surface area contributed by atoms with Crippen molar-refractivity contribution in [2.24, 2.45) is 0 Å². The molecule has 0 saturated carbocycles. The van der Waals surface area contributed by atoms with E-state index in [0.29, 0.717) is 10.1 Å². The van der Waals surface area contributed by atoms with Crippen LogP contribution in [0.15, 0.2) is 42.5 Å². The fraction of sp³-hybridized carbons (Fsp3) is 0.222. The summed E-state index contributed by atoms with van der Waals surface area (Å²) in [4.78, 5) is 23.9. The van der Waals surface area contributed by atoms with Gasteiger partial charge in [-0.3, -0.25) is 9.59 Å². The summed E-state index contributed by atoms with van der Waals surface area (Å²) in [5, 5.41) is 0. The van der Waals surface area contributed by atoms with Crippen LogP contribution in [0.4, 0.5) is 5.69 Å². The molecule has 26 heavy (non-hydrogen) atoms. The lowest BCUT2D eigenvalue weighted by molar-refractivity contribution is -0.115. The van der Waals surface area contributed by atoms with Gasteiger partial charge in [-0.15, -0.1) is 0 Å². The van der Waals surface area contributed by atoms with E-state index in [9.17, 15) is 18.0 Å². The first-order chi connectivity index (χ1) is 12.1. The molecule has 0 aliphatic heterocycles. The number of nitrogens with zero attached hydrogens (tertiary/aromatic N) is 1. The number of methoxy groups -OCH3 is 1. The summed E-state index contributed by atoms with van der Waals surface area (Å²) in [5.41, 5.74) is 0.171. The molecule has 0 radical (unpaired) electrons. The van der Waals surface area contributed by atoms with Gasteiger partial charge in [-0.1, -0.05) is 18.2 Å². The number of sulfonamides is 1. The predicted octanol–water partition coefficient (Wildman–Crippen LogP) is 3.00. The Labute approximate surface area is 152 Å². The van der Waals surface area contributed by atoms with Crippen molar-refractivity contribution in [1.29, 1.82) is 0 Å². The van der Waals surface area contributed by atoms with Crippen molar-refractivity contribution in [3.8, 4) is 17.2 Å². The summed E-state index contributed by atoms with van der Waals surface area (Å²) < 4.78 is 35.8. The maximum absolute atomic E-state index is 12.1. The van der Waals surface area contributed by atoms with E-state index in [0.717, 1.165) is 13.2 Å². The molecule has 8 heteroatoms. The van der Waals surface area contributed by atoms with Crippen LogP contribution >= 0.6 is 0 Å². The van der Waals surface area contributed by atoms with E-state index in [1.807, 2.05) is 0 Å². The lowest BCUT2D eigenvalue weighted by Crippen LogP contribution is -2.34. The molecule has 0 fully saturated rings. The van der Waals surface area contributed by atoms with Gasteiger partial charge in [-0.2, -0.15) is 0 Å². The largest absolute Gasteiger partial charge is 0.496 e. The van der Waals surface area contributed by atoms with E-state index in [1.165, 1.54) is 26.2 Å². The molecule has 0 atom stereocenters. The molecule has 2 rings (SSSR count). The van der Waals surface area contributed by atoms with E-state index in [-0.39, 0.29) is 28.5 Å². The fourth-order valence-electron chi connectivity index (χ4n) is 2.43. The van der Waals surface area contributed by atoms with Gasteiger partial charge in [0.25, 0.3) is 0 Å². The smallest absolute Gasteiger partial charge is 0.238 e. The molecular weight excluding hydrogens is 358 g/mol. The Morgan fingerprint density at radius 2 is 1.62 bits per heavy atom. The Hall–Kier alpha value is -2.87. The van der Waals surface area contributed by atoms with Crippen LogP contribution in [0.3, 0.4) is 0 Å². The first-order valence-electron chi connectivity index (χ1n) is 7.62. The number of carbonyl (C=O) groups is 2. The monoisotopic (exact) mass is 377 g/mol. The second-order valence-corrected chi connectivity index (χ2v) is 7.37. The molecule has 0 spiro atoms. The van der Waals surface area contributed by atoms with Crippen LogP contribution in [0, 0.1) is 0 Å². The molecule has 0 saturated heterocycles. The van der Waals surface area contributed by atoms with Crippen LogP contribution in [0.1, 0.15) is 24.2 Å². The normalized spacial score (nSPS) is 10.9. The van der Waals surface area contributed by atoms with Crippen molar-refractivity contribution >= 4 is 27.4 Å². The number of para-hydroxylation sites is 1. The van der Waals surface area contributed by atoms with Gasteiger partial charge in [0, 0.05) is 13.0 Å². The van der Waals surface area contributed by atoms with Gasteiger partial charge >= 0.3 is 0 Å². The highest BCUT2D eigenvalue weighted by molar-refractivity contribution is 7.92. The summed E-state index contributed by atoms with van der Waals surface area (Å²) in [6.07, 6.45) is 0.909. The number of anilines is 1. The third kappa shape index (κ3) is 4.20. The zero-order valence-electron chi connectivity index (χ0n) is 14.8. The van der Waals surface area contributed by atoms with Gasteiger partial charge in [0.15, 0.2) is 11.5 Å². The lowest BCUT2D eigenvalue weighted by atomic mass is 10.1. The Kier molecular flexibility index (Phi) is 5.66. The SMILES string of the molecule is COc1cc(N(C(C)=O)S(C)(=O)=O)c(Oc2ccccc2)cc1C(C)=O. The number of rotatable bonds is 6.